The van der Waals surface area contributed by atoms with Crippen molar-refractivity contribution in [2.75, 3.05) is 6.61 Å². The molecule has 0 fully saturated rings. The molecule has 0 spiro atoms. The molecule has 0 heterocycles. The number of carbonyl (C=O) groups excluding carboxylic acids is 2. The first-order valence-corrected chi connectivity index (χ1v) is 10.9. The summed E-state index contributed by atoms with van der Waals surface area (Å²) >= 11 is 6.05. The van der Waals surface area contributed by atoms with E-state index in [-0.39, 0.29) is 42.2 Å². The van der Waals surface area contributed by atoms with Gasteiger partial charge in [-0.2, -0.15) is 0 Å². The molecule has 6 N–H and O–H groups in total. The van der Waals surface area contributed by atoms with Crippen molar-refractivity contribution in [3.05, 3.63) is 28.8 Å². The number of ether oxygens (including phenoxy) is 1. The van der Waals surface area contributed by atoms with Gasteiger partial charge in [0.25, 0.3) is 5.91 Å². The van der Waals surface area contributed by atoms with Crippen molar-refractivity contribution >= 4 is 29.4 Å². The summed E-state index contributed by atoms with van der Waals surface area (Å²) in [5.41, 5.74) is 6.18. The number of rotatable bonds is 12. The van der Waals surface area contributed by atoms with Crippen LogP contribution in [0.15, 0.2) is 18.2 Å². The molecular formula is C22H34ClN3O6. The number of halogens is 1. The van der Waals surface area contributed by atoms with E-state index in [2.05, 4.69) is 10.6 Å². The van der Waals surface area contributed by atoms with Crippen LogP contribution in [0.1, 0.15) is 51.4 Å². The molecule has 10 heteroatoms. The molecule has 0 aromatic heterocycles. The molecule has 9 nitrogen and oxygen atoms in total. The minimum atomic E-state index is -1.50. The number of benzene rings is 1. The highest BCUT2D eigenvalue weighted by Crippen LogP contribution is 2.24. The van der Waals surface area contributed by atoms with E-state index < -0.39 is 36.0 Å². The Morgan fingerprint density at radius 3 is 2.25 bits per heavy atom. The Kier molecular flexibility index (Phi) is 10.9. The number of carboxylic acids is 1. The van der Waals surface area contributed by atoms with Crippen LogP contribution in [0.3, 0.4) is 0 Å². The third-order valence-corrected chi connectivity index (χ3v) is 5.09. The second-order valence-electron chi connectivity index (χ2n) is 8.58. The lowest BCUT2D eigenvalue weighted by atomic mass is 10.0. The zero-order valence-electron chi connectivity index (χ0n) is 19.1. The predicted molar refractivity (Wildman–Crippen MR) is 122 cm³/mol. The SMILES string of the molecule is CC(C)C[C@H](NC(=O)c1ccc(Cl)cc1OC[C@@H](N)C(C)C)C(=O)N[C@H](C(=O)O)[C@@H](C)O. The minimum Gasteiger partial charge on any atom is -0.491 e. The van der Waals surface area contributed by atoms with Crippen LogP contribution in [0.2, 0.25) is 5.02 Å². The Bertz CT molecular complexity index is 800. The fraction of sp³-hybridized carbons (Fsp3) is 0.591. The van der Waals surface area contributed by atoms with Crippen LogP contribution >= 0.6 is 11.6 Å². The Morgan fingerprint density at radius 1 is 1.12 bits per heavy atom. The molecule has 0 bridgehead atoms. The smallest absolute Gasteiger partial charge is 0.328 e. The predicted octanol–water partition coefficient (Wildman–Crippen LogP) is 1.80. The van der Waals surface area contributed by atoms with Gasteiger partial charge >= 0.3 is 5.97 Å². The second kappa shape index (κ2) is 12.6. The maximum absolute atomic E-state index is 13.0. The summed E-state index contributed by atoms with van der Waals surface area (Å²) in [4.78, 5) is 37.0. The number of hydrogen-bond donors (Lipinski definition) is 5. The van der Waals surface area contributed by atoms with Gasteiger partial charge in [-0.25, -0.2) is 4.79 Å². The molecular weight excluding hydrogens is 438 g/mol. The third-order valence-electron chi connectivity index (χ3n) is 4.85. The number of amides is 2. The molecule has 0 saturated heterocycles. The van der Waals surface area contributed by atoms with Crippen molar-refractivity contribution in [2.24, 2.45) is 17.6 Å². The summed E-state index contributed by atoms with van der Waals surface area (Å²) < 4.78 is 5.73. The maximum Gasteiger partial charge on any atom is 0.328 e. The number of nitrogens with two attached hydrogens (primary N) is 1. The van der Waals surface area contributed by atoms with Crippen LogP contribution in [-0.4, -0.2) is 58.8 Å². The van der Waals surface area contributed by atoms with Crippen molar-refractivity contribution in [1.29, 1.82) is 0 Å². The molecule has 32 heavy (non-hydrogen) atoms. The van der Waals surface area contributed by atoms with Gasteiger partial charge in [0.15, 0.2) is 6.04 Å². The van der Waals surface area contributed by atoms with Crippen LogP contribution in [0.25, 0.3) is 0 Å². The normalized spacial score (nSPS) is 15.1. The fourth-order valence-corrected chi connectivity index (χ4v) is 2.93. The van der Waals surface area contributed by atoms with Gasteiger partial charge in [0.1, 0.15) is 18.4 Å². The summed E-state index contributed by atoms with van der Waals surface area (Å²) in [5, 5.41) is 24.1. The number of aliphatic hydroxyl groups is 1. The standard InChI is InChI=1S/C22H34ClN3O6/c1-11(2)8-17(21(29)26-19(13(5)27)22(30)31)25-20(28)15-7-6-14(23)9-18(15)32-10-16(24)12(3)4/h6-7,9,11-13,16-17,19,27H,8,10,24H2,1-5H3,(H,25,28)(H,26,29)(H,30,31)/t13-,16-,17+,19+/m1/s1. The molecule has 1 aromatic rings. The lowest BCUT2D eigenvalue weighted by molar-refractivity contribution is -0.145. The molecule has 180 valence electrons. The van der Waals surface area contributed by atoms with Crippen LogP contribution < -0.4 is 21.1 Å². The number of carbonyl (C=O) groups is 3. The average Bonchev–Trinajstić information content (AvgIpc) is 2.68. The first-order valence-electron chi connectivity index (χ1n) is 10.5. The summed E-state index contributed by atoms with van der Waals surface area (Å²) in [6, 6.07) is 1.73. The molecule has 0 aliphatic carbocycles. The average molecular weight is 472 g/mol. The van der Waals surface area contributed by atoms with E-state index in [1.807, 2.05) is 27.7 Å². The molecule has 4 atom stereocenters. The van der Waals surface area contributed by atoms with Gasteiger partial charge in [-0.05, 0) is 43.4 Å². The van der Waals surface area contributed by atoms with Gasteiger partial charge in [-0.3, -0.25) is 9.59 Å². The second-order valence-corrected chi connectivity index (χ2v) is 9.02. The number of carboxylic acid groups (broad SMARTS) is 1. The van der Waals surface area contributed by atoms with Gasteiger partial charge in [0, 0.05) is 11.1 Å². The number of nitrogens with one attached hydrogen (secondary N) is 2. The number of hydrogen-bond acceptors (Lipinski definition) is 6. The largest absolute Gasteiger partial charge is 0.491 e. The van der Waals surface area contributed by atoms with E-state index >= 15 is 0 Å². The van der Waals surface area contributed by atoms with E-state index in [0.717, 1.165) is 0 Å². The topological polar surface area (TPSA) is 151 Å². The first kappa shape index (κ1) is 27.7. The summed E-state index contributed by atoms with van der Waals surface area (Å²) in [7, 11) is 0. The fourth-order valence-electron chi connectivity index (χ4n) is 2.76. The first-order chi connectivity index (χ1) is 14.8. The van der Waals surface area contributed by atoms with Gasteiger partial charge in [-0.1, -0.05) is 39.3 Å². The van der Waals surface area contributed by atoms with Crippen molar-refractivity contribution in [2.45, 2.75) is 65.3 Å². The van der Waals surface area contributed by atoms with E-state index in [4.69, 9.17) is 22.1 Å². The third kappa shape index (κ3) is 8.64. The zero-order valence-corrected chi connectivity index (χ0v) is 19.8. The van der Waals surface area contributed by atoms with Crippen molar-refractivity contribution in [3.63, 3.8) is 0 Å². The van der Waals surface area contributed by atoms with Crippen LogP contribution in [0, 0.1) is 11.8 Å². The summed E-state index contributed by atoms with van der Waals surface area (Å²) in [6.45, 7) is 9.05. The molecule has 0 aliphatic rings. The minimum absolute atomic E-state index is 0.0193. The zero-order chi connectivity index (χ0) is 24.6. The molecule has 0 saturated carbocycles. The molecule has 0 aliphatic heterocycles. The highest BCUT2D eigenvalue weighted by Gasteiger charge is 2.30. The van der Waals surface area contributed by atoms with Gasteiger partial charge in [-0.15, -0.1) is 0 Å². The van der Waals surface area contributed by atoms with Crippen molar-refractivity contribution < 1.29 is 29.3 Å². The molecule has 1 rings (SSSR count). The maximum atomic E-state index is 13.0. The van der Waals surface area contributed by atoms with Gasteiger partial charge < -0.3 is 31.3 Å². The number of aliphatic hydroxyl groups excluding tert-OH is 1. The van der Waals surface area contributed by atoms with Crippen LogP contribution in [0.4, 0.5) is 0 Å². The van der Waals surface area contributed by atoms with E-state index in [1.54, 1.807) is 0 Å². The van der Waals surface area contributed by atoms with Gasteiger partial charge in [0.2, 0.25) is 5.91 Å². The molecule has 0 unspecified atom stereocenters. The van der Waals surface area contributed by atoms with E-state index in [0.29, 0.717) is 5.02 Å². The van der Waals surface area contributed by atoms with E-state index in [9.17, 15) is 24.6 Å². The highest BCUT2D eigenvalue weighted by molar-refractivity contribution is 6.30. The lowest BCUT2D eigenvalue weighted by Crippen LogP contribution is -2.55. The summed E-state index contributed by atoms with van der Waals surface area (Å²) in [6.07, 6.45) is -1.06. The quantitative estimate of drug-likeness (QED) is 0.311. The van der Waals surface area contributed by atoms with Crippen molar-refractivity contribution in [1.82, 2.24) is 10.6 Å². The van der Waals surface area contributed by atoms with E-state index in [1.165, 1.54) is 25.1 Å². The Hall–Kier alpha value is -2.36. The molecule has 2 amide bonds. The van der Waals surface area contributed by atoms with Crippen molar-refractivity contribution in [3.8, 4) is 5.75 Å². The number of aliphatic carboxylic acids is 1. The van der Waals surface area contributed by atoms with Crippen LogP contribution in [0.5, 0.6) is 5.75 Å². The van der Waals surface area contributed by atoms with Gasteiger partial charge in [0.05, 0.1) is 11.7 Å². The highest BCUT2D eigenvalue weighted by atomic mass is 35.5. The molecule has 1 aromatic carbocycles. The molecule has 0 radical (unpaired) electrons. The monoisotopic (exact) mass is 471 g/mol. The lowest BCUT2D eigenvalue weighted by Gasteiger charge is -2.24. The Morgan fingerprint density at radius 2 is 1.75 bits per heavy atom. The Labute approximate surface area is 193 Å². The Balaban J connectivity index is 3.08. The summed E-state index contributed by atoms with van der Waals surface area (Å²) in [5.74, 6) is -2.26. The van der Waals surface area contributed by atoms with Crippen LogP contribution in [-0.2, 0) is 9.59 Å².